The summed E-state index contributed by atoms with van der Waals surface area (Å²) in [5.41, 5.74) is 2.33. The maximum atomic E-state index is 13.6. The predicted octanol–water partition coefficient (Wildman–Crippen LogP) is 3.23. The van der Waals surface area contributed by atoms with Crippen LogP contribution in [0.5, 0.6) is 0 Å². The molecule has 0 radical (unpaired) electrons. The van der Waals surface area contributed by atoms with Crippen molar-refractivity contribution >= 4 is 17.8 Å². The summed E-state index contributed by atoms with van der Waals surface area (Å²) >= 11 is 0. The third-order valence-corrected chi connectivity index (χ3v) is 8.01. The fraction of sp³-hybridized carbons (Fsp3) is 0.452. The van der Waals surface area contributed by atoms with Crippen LogP contribution in [0.15, 0.2) is 60.9 Å². The summed E-state index contributed by atoms with van der Waals surface area (Å²) in [7, 11) is 0. The highest BCUT2D eigenvalue weighted by molar-refractivity contribution is 5.97. The smallest absolute Gasteiger partial charge is 0.309 e. The number of nitrogens with zero attached hydrogens (tertiary/aromatic N) is 4. The number of likely N-dealkylation sites (tertiary alicyclic amines) is 1. The van der Waals surface area contributed by atoms with E-state index in [1.54, 1.807) is 53.2 Å². The molecule has 1 aliphatic heterocycles. The van der Waals surface area contributed by atoms with E-state index in [1.807, 2.05) is 12.1 Å². The molecule has 222 valence electrons. The van der Waals surface area contributed by atoms with Crippen molar-refractivity contribution in [3.8, 4) is 5.69 Å². The van der Waals surface area contributed by atoms with Crippen molar-refractivity contribution in [3.63, 3.8) is 0 Å². The Kier molecular flexibility index (Phi) is 9.58. The molecule has 0 bridgehead atoms. The van der Waals surface area contributed by atoms with Gasteiger partial charge >= 0.3 is 5.97 Å². The van der Waals surface area contributed by atoms with Gasteiger partial charge in [-0.05, 0) is 87.5 Å². The number of hydrogen-bond donors (Lipinski definition) is 2. The molecule has 5 rings (SSSR count). The standard InChI is InChI=1S/C31H37FN6O4/c1-2-42-31(41)23-13-17-37(18-14-23)30(40)27(4-3-15-33-28-20-26(28)21-5-9-24(32)10-6-21)35-29(39)22-7-11-25(12-8-22)38-19-16-34-36-38/h5-12,16,19,23,26-28,33H,2-4,13-15,17-18,20H2,1H3,(H,35,39)/t26-,27-,28+/m0/s1. The lowest BCUT2D eigenvalue weighted by Crippen LogP contribution is -2.51. The van der Waals surface area contributed by atoms with Crippen LogP contribution in [0.4, 0.5) is 4.39 Å². The van der Waals surface area contributed by atoms with Crippen molar-refractivity contribution in [2.45, 2.75) is 57.0 Å². The molecule has 10 nitrogen and oxygen atoms in total. The van der Waals surface area contributed by atoms with Gasteiger partial charge in [-0.3, -0.25) is 14.4 Å². The molecular weight excluding hydrogens is 539 g/mol. The predicted molar refractivity (Wildman–Crippen MR) is 153 cm³/mol. The van der Waals surface area contributed by atoms with Gasteiger partial charge in [-0.15, -0.1) is 5.10 Å². The number of nitrogens with one attached hydrogen (secondary N) is 2. The number of hydrogen-bond acceptors (Lipinski definition) is 7. The number of ether oxygens (including phenoxy) is 1. The van der Waals surface area contributed by atoms with Crippen molar-refractivity contribution in [2.24, 2.45) is 5.92 Å². The van der Waals surface area contributed by atoms with E-state index in [0.717, 1.165) is 17.7 Å². The van der Waals surface area contributed by atoms with Gasteiger partial charge in [0.2, 0.25) is 5.91 Å². The van der Waals surface area contributed by atoms with Crippen LogP contribution >= 0.6 is 0 Å². The summed E-state index contributed by atoms with van der Waals surface area (Å²) in [4.78, 5) is 40.7. The molecular formula is C31H37FN6O4. The molecule has 1 saturated heterocycles. The highest BCUT2D eigenvalue weighted by atomic mass is 19.1. The van der Waals surface area contributed by atoms with Crippen LogP contribution in [0.1, 0.15) is 60.9 Å². The zero-order valence-corrected chi connectivity index (χ0v) is 23.7. The number of piperidine rings is 1. The van der Waals surface area contributed by atoms with Crippen LogP contribution in [0.3, 0.4) is 0 Å². The molecule has 42 heavy (non-hydrogen) atoms. The normalized spacial score (nSPS) is 19.2. The first kappa shape index (κ1) is 29.4. The minimum Gasteiger partial charge on any atom is -0.466 e. The van der Waals surface area contributed by atoms with Gasteiger partial charge in [0.15, 0.2) is 0 Å². The Morgan fingerprint density at radius 3 is 2.48 bits per heavy atom. The fourth-order valence-corrected chi connectivity index (χ4v) is 5.52. The number of amides is 2. The molecule has 3 atom stereocenters. The molecule has 2 aromatic carbocycles. The first-order valence-electron chi connectivity index (χ1n) is 14.6. The third-order valence-electron chi connectivity index (χ3n) is 8.01. The van der Waals surface area contributed by atoms with Crippen LogP contribution in [-0.4, -0.2) is 76.0 Å². The van der Waals surface area contributed by atoms with Gasteiger partial charge in [0.1, 0.15) is 11.9 Å². The summed E-state index contributed by atoms with van der Waals surface area (Å²) in [6.45, 7) is 3.71. The van der Waals surface area contributed by atoms with E-state index in [1.165, 1.54) is 12.1 Å². The number of aromatic nitrogens is 3. The Bertz CT molecular complexity index is 1340. The van der Waals surface area contributed by atoms with E-state index in [4.69, 9.17) is 4.74 Å². The van der Waals surface area contributed by atoms with Crippen LogP contribution in [0, 0.1) is 11.7 Å². The van der Waals surface area contributed by atoms with Gasteiger partial charge in [-0.2, -0.15) is 0 Å². The van der Waals surface area contributed by atoms with E-state index < -0.39 is 6.04 Å². The Morgan fingerprint density at radius 1 is 1.07 bits per heavy atom. The molecule has 0 spiro atoms. The lowest BCUT2D eigenvalue weighted by atomic mass is 9.96. The van der Waals surface area contributed by atoms with Crippen molar-refractivity contribution in [3.05, 3.63) is 77.9 Å². The molecule has 1 aliphatic carbocycles. The van der Waals surface area contributed by atoms with E-state index in [0.29, 0.717) is 69.4 Å². The summed E-state index contributed by atoms with van der Waals surface area (Å²) < 4.78 is 20.0. The van der Waals surface area contributed by atoms with Gasteiger partial charge in [0, 0.05) is 30.6 Å². The summed E-state index contributed by atoms with van der Waals surface area (Å²) in [6, 6.07) is 13.2. The fourth-order valence-electron chi connectivity index (χ4n) is 5.52. The molecule has 2 aliphatic rings. The number of halogens is 1. The Labute approximate surface area is 244 Å². The second-order valence-corrected chi connectivity index (χ2v) is 10.9. The topological polar surface area (TPSA) is 118 Å². The number of carbonyl (C=O) groups is 3. The zero-order chi connectivity index (χ0) is 29.5. The molecule has 2 N–H and O–H groups in total. The van der Waals surface area contributed by atoms with Crippen LogP contribution in [0.2, 0.25) is 0 Å². The van der Waals surface area contributed by atoms with Gasteiger partial charge in [-0.1, -0.05) is 17.3 Å². The van der Waals surface area contributed by atoms with Gasteiger partial charge in [0.25, 0.3) is 5.91 Å². The second kappa shape index (κ2) is 13.7. The van der Waals surface area contributed by atoms with Gasteiger partial charge in [-0.25, -0.2) is 9.07 Å². The highest BCUT2D eigenvalue weighted by Gasteiger charge is 2.38. The van der Waals surface area contributed by atoms with Crippen molar-refractivity contribution in [2.75, 3.05) is 26.2 Å². The minimum absolute atomic E-state index is 0.138. The van der Waals surface area contributed by atoms with Gasteiger partial charge < -0.3 is 20.3 Å². The SMILES string of the molecule is CCOC(=O)C1CCN(C(=O)[C@H](CCCN[C@@H]2C[C@H]2c2ccc(F)cc2)NC(=O)c2ccc(-n3ccnn3)cc2)CC1. The van der Waals surface area contributed by atoms with Crippen molar-refractivity contribution < 1.29 is 23.5 Å². The second-order valence-electron chi connectivity index (χ2n) is 10.9. The average Bonchev–Trinajstić information content (AvgIpc) is 3.57. The summed E-state index contributed by atoms with van der Waals surface area (Å²) in [6.07, 6.45) is 6.53. The van der Waals surface area contributed by atoms with Crippen molar-refractivity contribution in [1.82, 2.24) is 30.5 Å². The maximum Gasteiger partial charge on any atom is 0.309 e. The molecule has 3 aromatic rings. The molecule has 1 saturated carbocycles. The van der Waals surface area contributed by atoms with Crippen LogP contribution < -0.4 is 10.6 Å². The molecule has 1 aromatic heterocycles. The quantitative estimate of drug-likeness (QED) is 0.251. The molecule has 0 unspecified atom stereocenters. The Balaban J connectivity index is 1.17. The van der Waals surface area contributed by atoms with E-state index in [-0.39, 0.29) is 29.5 Å². The monoisotopic (exact) mass is 576 g/mol. The largest absolute Gasteiger partial charge is 0.466 e. The number of rotatable bonds is 12. The number of esters is 1. The Morgan fingerprint density at radius 2 is 1.81 bits per heavy atom. The first-order valence-corrected chi connectivity index (χ1v) is 14.6. The van der Waals surface area contributed by atoms with Crippen LogP contribution in [0.25, 0.3) is 5.69 Å². The van der Waals surface area contributed by atoms with E-state index in [9.17, 15) is 18.8 Å². The molecule has 2 heterocycles. The minimum atomic E-state index is -0.694. The van der Waals surface area contributed by atoms with E-state index >= 15 is 0 Å². The lowest BCUT2D eigenvalue weighted by molar-refractivity contribution is -0.151. The van der Waals surface area contributed by atoms with Gasteiger partial charge in [0.05, 0.1) is 30.6 Å². The first-order chi connectivity index (χ1) is 20.4. The van der Waals surface area contributed by atoms with Crippen LogP contribution in [-0.2, 0) is 14.3 Å². The number of carbonyl (C=O) groups excluding carboxylic acids is 3. The third kappa shape index (κ3) is 7.39. The van der Waals surface area contributed by atoms with Crippen molar-refractivity contribution in [1.29, 1.82) is 0 Å². The molecule has 2 amide bonds. The zero-order valence-electron chi connectivity index (χ0n) is 23.7. The summed E-state index contributed by atoms with van der Waals surface area (Å²) in [5.74, 6) is -0.759. The Hall–Kier alpha value is -4.12. The maximum absolute atomic E-state index is 13.6. The molecule has 2 fully saturated rings. The lowest BCUT2D eigenvalue weighted by Gasteiger charge is -2.33. The number of benzene rings is 2. The summed E-state index contributed by atoms with van der Waals surface area (Å²) in [5, 5.41) is 14.3. The average molecular weight is 577 g/mol. The highest BCUT2D eigenvalue weighted by Crippen LogP contribution is 2.40. The van der Waals surface area contributed by atoms with E-state index in [2.05, 4.69) is 20.9 Å². The molecule has 11 heteroatoms.